The van der Waals surface area contributed by atoms with E-state index in [1.54, 1.807) is 0 Å². The molecule has 374 valence electrons. The first kappa shape index (κ1) is 44.0. The Bertz CT molecular complexity index is 3850. The first-order valence-corrected chi connectivity index (χ1v) is 26.5. The molecular formula is C64H67BN6OPt-2. The topological polar surface area (TPSA) is 53.0 Å². The predicted molar refractivity (Wildman–Crippen MR) is 300 cm³/mol. The summed E-state index contributed by atoms with van der Waals surface area (Å²) in [5.74, 6) is 1.82. The Hall–Kier alpha value is -6.50. The number of fused-ring (bicyclic) bond motifs is 4. The molecule has 0 fully saturated rings. The number of ether oxygens (including phenoxy) is 1. The van der Waals surface area contributed by atoms with Crippen LogP contribution in [0.5, 0.6) is 11.5 Å². The summed E-state index contributed by atoms with van der Waals surface area (Å²) in [6.07, 6.45) is 5.51. The number of imidazole rings is 1. The quantitative estimate of drug-likeness (QED) is 0.107. The van der Waals surface area contributed by atoms with E-state index in [0.29, 0.717) is 28.4 Å². The standard InChI is InChI=1S/C64H67BN6O.Pt/c1-14-31-65-70(59-39-45(29-32-66-59)61(2,3)4)58-41-51(27-28-52(58)55-30-33-67-71(55)65)72-50-24-20-23-49(40-50)68-42-69(57-26-19-18-25-56(57)68)60-53(43-21-16-15-17-22-43)37-48(64(11,12)13)38-54(60)44-34-46(62(5,6)7)36-47(35-44)63(8,9)10;/h15-30,32-39H,14,31H2,1-13H3;/q-2;/i15D,16D,17D,21D,22D;. The van der Waals surface area contributed by atoms with Crippen molar-refractivity contribution in [2.45, 2.75) is 124 Å². The molecule has 9 aromatic rings. The first-order valence-electron chi connectivity index (χ1n) is 27.8. The van der Waals surface area contributed by atoms with Gasteiger partial charge in [-0.25, -0.2) is 0 Å². The molecule has 0 spiro atoms. The number of nitrogens with zero attached hydrogens (tertiary/aromatic N) is 6. The van der Waals surface area contributed by atoms with Gasteiger partial charge in [0.05, 0.1) is 0 Å². The number of benzene rings is 6. The van der Waals surface area contributed by atoms with Gasteiger partial charge < -0.3 is 0 Å². The van der Waals surface area contributed by atoms with Crippen LogP contribution < -0.4 is 9.55 Å². The van der Waals surface area contributed by atoms with Crippen molar-refractivity contribution in [2.75, 3.05) is 4.81 Å². The van der Waals surface area contributed by atoms with Gasteiger partial charge in [-0.2, -0.15) is 5.10 Å². The fourth-order valence-corrected chi connectivity index (χ4v) is 10.9. The Kier molecular flexibility index (Phi) is 11.3. The van der Waals surface area contributed by atoms with Crippen molar-refractivity contribution >= 4 is 29.5 Å². The molecule has 0 atom stereocenters. The van der Waals surface area contributed by atoms with Crippen LogP contribution in [0.15, 0.2) is 146 Å². The van der Waals surface area contributed by atoms with Crippen molar-refractivity contribution in [3.05, 3.63) is 184 Å². The second kappa shape index (κ2) is 18.8. The zero-order valence-corrected chi connectivity index (χ0v) is 46.6. The molecule has 6 aromatic carbocycles. The number of para-hydroxylation sites is 2. The van der Waals surface area contributed by atoms with E-state index in [0.717, 1.165) is 78.2 Å². The van der Waals surface area contributed by atoms with Gasteiger partial charge in [-0.05, 0) is 17.0 Å². The molecule has 0 radical (unpaired) electrons. The van der Waals surface area contributed by atoms with Gasteiger partial charge in [-0.15, -0.1) is 0 Å². The maximum atomic E-state index is 9.51. The van der Waals surface area contributed by atoms with E-state index in [2.05, 4.69) is 201 Å². The second-order valence-electron chi connectivity index (χ2n) is 23.4. The number of anilines is 2. The zero-order valence-electron chi connectivity index (χ0n) is 49.4. The molecule has 0 aliphatic carbocycles. The molecule has 1 aliphatic rings. The Morgan fingerprint density at radius 3 is 1.86 bits per heavy atom. The summed E-state index contributed by atoms with van der Waals surface area (Å²) in [4.78, 5) is 7.21. The Balaban J connectivity index is 1.19. The normalized spacial score (nSPS) is 14.1. The average Bonchev–Trinajstić information content (AvgIpc) is 4.13. The number of rotatable bonds is 9. The summed E-state index contributed by atoms with van der Waals surface area (Å²) in [5, 5.41) is 4.83. The molecule has 9 heteroatoms. The van der Waals surface area contributed by atoms with E-state index in [-0.39, 0.29) is 53.0 Å². The summed E-state index contributed by atoms with van der Waals surface area (Å²) in [6, 6.07) is 41.1. The fourth-order valence-electron chi connectivity index (χ4n) is 9.79. The van der Waals surface area contributed by atoms with Gasteiger partial charge in [0.1, 0.15) is 0 Å². The van der Waals surface area contributed by atoms with Gasteiger partial charge >= 0.3 is 385 Å². The Morgan fingerprint density at radius 2 is 1.22 bits per heavy atom. The van der Waals surface area contributed by atoms with Gasteiger partial charge in [-0.3, -0.25) is 0 Å². The molecule has 3 aromatic heterocycles. The van der Waals surface area contributed by atoms with Crippen LogP contribution in [0.3, 0.4) is 0 Å². The van der Waals surface area contributed by atoms with E-state index in [1.807, 2.05) is 54.9 Å². The van der Waals surface area contributed by atoms with E-state index in [4.69, 9.17) is 18.9 Å². The molecular weight excluding hydrogens is 1070 g/mol. The van der Waals surface area contributed by atoms with Crippen molar-refractivity contribution in [2.24, 2.45) is 0 Å². The van der Waals surface area contributed by atoms with Crippen LogP contribution in [0.2, 0.25) is 6.32 Å². The van der Waals surface area contributed by atoms with Gasteiger partial charge in [0.25, 0.3) is 0 Å². The number of hydrogen-bond acceptors (Lipinski definition) is 4. The first-order chi connectivity index (χ1) is 36.7. The molecule has 7 nitrogen and oxygen atoms in total. The summed E-state index contributed by atoms with van der Waals surface area (Å²) in [7, 11) is 0. The molecule has 0 saturated heterocycles. The molecule has 4 heterocycles. The van der Waals surface area contributed by atoms with E-state index < -0.39 is 11.5 Å². The van der Waals surface area contributed by atoms with Crippen molar-refractivity contribution < 1.29 is 30.9 Å². The molecule has 1 aliphatic heterocycles. The van der Waals surface area contributed by atoms with Gasteiger partial charge in [0.15, 0.2) is 0 Å². The summed E-state index contributed by atoms with van der Waals surface area (Å²) >= 11 is 2.37. The van der Waals surface area contributed by atoms with E-state index in [9.17, 15) is 2.74 Å². The molecule has 0 N–H and O–H groups in total. The third kappa shape index (κ3) is 9.53. The SMILES string of the molecule is [2H]c1c([2H])c([2H])c(-c2cc(C(C)(C)C)cc(-c3cc(C(C)(C)C)cc(C(C)(C)C)c3)c2-n2[c](=[Pt])n(-c3[c-]c(Oc4[c-]c5c(cc4)-c4ccnn4B(CCC)N5c4cc(C(C)(C)C)ccn4)ccc3)c3ccccc32)c([2H])c1[2H]. The molecule has 0 unspecified atom stereocenters. The molecule has 0 amide bonds. The molecule has 0 bridgehead atoms. The van der Waals surface area contributed by atoms with Crippen molar-refractivity contribution in [3.63, 3.8) is 0 Å². The fraction of sp³-hybridized carbons (Fsp3) is 0.297. The summed E-state index contributed by atoms with van der Waals surface area (Å²) < 4.78 is 59.6. The monoisotopic (exact) mass is 1150 g/mol. The molecule has 73 heavy (non-hydrogen) atoms. The number of pyridine rings is 1. The molecule has 10 rings (SSSR count). The van der Waals surface area contributed by atoms with Crippen LogP contribution >= 0.6 is 0 Å². The Labute approximate surface area is 451 Å². The van der Waals surface area contributed by atoms with Gasteiger partial charge in [0.2, 0.25) is 0 Å². The molecule has 0 saturated carbocycles. The number of aromatic nitrogens is 5. The third-order valence-corrected chi connectivity index (χ3v) is 15.0. The third-order valence-electron chi connectivity index (χ3n) is 13.9. The van der Waals surface area contributed by atoms with Crippen molar-refractivity contribution in [3.8, 4) is 56.4 Å². The van der Waals surface area contributed by atoms with Gasteiger partial charge in [-0.1, -0.05) is 34.1 Å². The second-order valence-corrected chi connectivity index (χ2v) is 24.4. The average molecular weight is 1150 g/mol. The summed E-state index contributed by atoms with van der Waals surface area (Å²) in [5.41, 5.74) is 12.0. The summed E-state index contributed by atoms with van der Waals surface area (Å²) in [6.45, 7) is 28.5. The zero-order chi connectivity index (χ0) is 56.1. The minimum absolute atomic E-state index is 0.0921. The van der Waals surface area contributed by atoms with Gasteiger partial charge in [0, 0.05) is 12.4 Å². The van der Waals surface area contributed by atoms with Crippen LogP contribution in [0.1, 0.15) is 126 Å². The van der Waals surface area contributed by atoms with Crippen LogP contribution in [-0.4, -0.2) is 30.8 Å². The van der Waals surface area contributed by atoms with Crippen LogP contribution in [0, 0.1) is 15.9 Å². The van der Waals surface area contributed by atoms with Crippen LogP contribution in [-0.2, 0) is 41.0 Å². The predicted octanol–water partition coefficient (Wildman–Crippen LogP) is 16.6. The minimum atomic E-state index is -0.437. The maximum absolute atomic E-state index is 9.51. The van der Waals surface area contributed by atoms with Crippen LogP contribution in [0.4, 0.5) is 11.5 Å². The number of hydrogen-bond donors (Lipinski definition) is 0. The van der Waals surface area contributed by atoms with E-state index in [1.165, 1.54) is 5.56 Å². The van der Waals surface area contributed by atoms with E-state index >= 15 is 0 Å². The van der Waals surface area contributed by atoms with Crippen molar-refractivity contribution in [1.82, 2.24) is 23.8 Å². The Morgan fingerprint density at radius 1 is 0.603 bits per heavy atom. The van der Waals surface area contributed by atoms with Crippen LogP contribution in [0.25, 0.3) is 55.9 Å². The van der Waals surface area contributed by atoms with Crippen molar-refractivity contribution in [1.29, 1.82) is 0 Å².